The summed E-state index contributed by atoms with van der Waals surface area (Å²) in [6, 6.07) is 0. The highest BCUT2D eigenvalue weighted by atomic mass is 16.3. The molecule has 4 aliphatic rings. The van der Waals surface area contributed by atoms with Gasteiger partial charge in [-0.1, -0.05) is 70.8 Å². The molecule has 6 unspecified atom stereocenters. The van der Waals surface area contributed by atoms with Gasteiger partial charge in [-0.2, -0.15) is 0 Å². The van der Waals surface area contributed by atoms with Gasteiger partial charge in [0.25, 0.3) is 0 Å². The van der Waals surface area contributed by atoms with Crippen molar-refractivity contribution in [3.8, 4) is 0 Å². The predicted octanol–water partition coefficient (Wildman–Crippen LogP) is 6.45. The van der Waals surface area contributed by atoms with E-state index in [-0.39, 0.29) is 24.0 Å². The lowest BCUT2D eigenvalue weighted by Crippen LogP contribution is -2.37. The van der Waals surface area contributed by atoms with Crippen molar-refractivity contribution in [2.45, 2.75) is 97.2 Å². The Morgan fingerprint density at radius 2 is 1.80 bits per heavy atom. The predicted molar refractivity (Wildman–Crippen MR) is 125 cm³/mol. The second kappa shape index (κ2) is 9.74. The summed E-state index contributed by atoms with van der Waals surface area (Å²) in [4.78, 5) is 0. The Kier molecular flexibility index (Phi) is 7.25. The topological polar surface area (TPSA) is 40.5 Å². The molecule has 2 N–H and O–H groups in total. The summed E-state index contributed by atoms with van der Waals surface area (Å²) >= 11 is 0. The zero-order valence-corrected chi connectivity index (χ0v) is 19.5. The average Bonchev–Trinajstić information content (AvgIpc) is 2.76. The number of aliphatic hydroxyl groups is 2. The summed E-state index contributed by atoms with van der Waals surface area (Å²) in [6.07, 6.45) is 20.7. The van der Waals surface area contributed by atoms with Gasteiger partial charge in [0.15, 0.2) is 0 Å². The normalized spacial score (nSPS) is 41.4. The molecule has 0 spiro atoms. The van der Waals surface area contributed by atoms with E-state index in [9.17, 15) is 10.2 Å². The van der Waals surface area contributed by atoms with E-state index in [1.165, 1.54) is 36.8 Å². The molecular weight excluding hydrogens is 368 g/mol. The Morgan fingerprint density at radius 1 is 1.03 bits per heavy atom. The lowest BCUT2D eigenvalue weighted by atomic mass is 9.66. The molecule has 4 aliphatic carbocycles. The van der Waals surface area contributed by atoms with Crippen LogP contribution in [0.4, 0.5) is 0 Å². The average molecular weight is 413 g/mol. The van der Waals surface area contributed by atoms with Gasteiger partial charge in [-0.15, -0.1) is 0 Å². The van der Waals surface area contributed by atoms with Crippen LogP contribution in [0.15, 0.2) is 35.5 Å². The summed E-state index contributed by atoms with van der Waals surface area (Å²) < 4.78 is 0. The second-order valence-electron chi connectivity index (χ2n) is 11.3. The van der Waals surface area contributed by atoms with Crippen molar-refractivity contribution in [3.63, 3.8) is 0 Å². The Bertz CT molecular complexity index is 666. The third kappa shape index (κ3) is 4.80. The van der Waals surface area contributed by atoms with Crippen molar-refractivity contribution in [2.75, 3.05) is 0 Å². The fraction of sp³-hybridized carbons (Fsp3) is 0.786. The summed E-state index contributed by atoms with van der Waals surface area (Å²) in [7, 11) is 0. The zero-order chi connectivity index (χ0) is 21.3. The van der Waals surface area contributed by atoms with E-state index in [1.54, 1.807) is 0 Å². The van der Waals surface area contributed by atoms with E-state index < -0.39 is 0 Å². The minimum absolute atomic E-state index is 0.239. The maximum absolute atomic E-state index is 11.3. The van der Waals surface area contributed by atoms with Crippen LogP contribution >= 0.6 is 0 Å². The largest absolute Gasteiger partial charge is 0.392 e. The Hall–Kier alpha value is -0.860. The Labute approximate surface area is 184 Å². The van der Waals surface area contributed by atoms with E-state index in [0.29, 0.717) is 17.8 Å². The number of hydrogen-bond donors (Lipinski definition) is 2. The van der Waals surface area contributed by atoms with E-state index in [4.69, 9.17) is 0 Å². The first kappa shape index (κ1) is 22.3. The van der Waals surface area contributed by atoms with Crippen molar-refractivity contribution in [1.82, 2.24) is 0 Å². The van der Waals surface area contributed by atoms with Crippen LogP contribution in [0.2, 0.25) is 0 Å². The smallest absolute Gasteiger partial charge is 0.0818 e. The van der Waals surface area contributed by atoms with Gasteiger partial charge in [0.2, 0.25) is 0 Å². The van der Waals surface area contributed by atoms with Crippen LogP contribution in [0.1, 0.15) is 85.0 Å². The third-order valence-corrected chi connectivity index (χ3v) is 8.97. The van der Waals surface area contributed by atoms with Crippen LogP contribution in [-0.2, 0) is 0 Å². The molecule has 7 atom stereocenters. The van der Waals surface area contributed by atoms with E-state index in [0.717, 1.165) is 50.4 Å². The van der Waals surface area contributed by atoms with Gasteiger partial charge in [-0.05, 0) is 79.3 Å². The maximum atomic E-state index is 11.3. The molecule has 0 radical (unpaired) electrons. The number of hydrogen-bond acceptors (Lipinski definition) is 2. The van der Waals surface area contributed by atoms with E-state index in [2.05, 4.69) is 45.1 Å². The van der Waals surface area contributed by atoms with Crippen LogP contribution in [0, 0.1) is 41.4 Å². The highest BCUT2D eigenvalue weighted by Crippen LogP contribution is 2.45. The molecule has 30 heavy (non-hydrogen) atoms. The lowest BCUT2D eigenvalue weighted by Gasteiger charge is -2.41. The number of rotatable bonds is 5. The molecule has 0 aromatic carbocycles. The van der Waals surface area contributed by atoms with Gasteiger partial charge >= 0.3 is 0 Å². The summed E-state index contributed by atoms with van der Waals surface area (Å²) in [5.74, 6) is 3.55. The molecule has 0 amide bonds. The van der Waals surface area contributed by atoms with E-state index in [1.807, 2.05) is 0 Å². The van der Waals surface area contributed by atoms with Crippen molar-refractivity contribution in [3.05, 3.63) is 35.5 Å². The molecule has 2 heteroatoms. The fourth-order valence-corrected chi connectivity index (χ4v) is 6.90. The second-order valence-corrected chi connectivity index (χ2v) is 11.3. The first-order valence-corrected chi connectivity index (χ1v) is 12.9. The Balaban J connectivity index is 1.43. The molecule has 2 nitrogen and oxygen atoms in total. The van der Waals surface area contributed by atoms with Crippen LogP contribution in [0.5, 0.6) is 0 Å². The van der Waals surface area contributed by atoms with Crippen LogP contribution in [-0.4, -0.2) is 22.4 Å². The SMILES string of the molecule is CC1CCC(CC2C=CC3=C(CCC[C@@H]3C(C)C(O)C3C=CCC(C)C3)C2O)CC1. The van der Waals surface area contributed by atoms with Crippen molar-refractivity contribution in [2.24, 2.45) is 41.4 Å². The number of allylic oxidation sites excluding steroid dienone is 3. The summed E-state index contributed by atoms with van der Waals surface area (Å²) in [5, 5.41) is 22.5. The molecule has 0 bridgehead atoms. The molecule has 1 saturated carbocycles. The molecule has 0 aromatic heterocycles. The summed E-state index contributed by atoms with van der Waals surface area (Å²) in [6.45, 7) is 6.92. The molecule has 4 rings (SSSR count). The third-order valence-electron chi connectivity index (χ3n) is 8.97. The highest BCUT2D eigenvalue weighted by molar-refractivity contribution is 5.38. The van der Waals surface area contributed by atoms with Gasteiger partial charge in [-0.3, -0.25) is 0 Å². The van der Waals surface area contributed by atoms with Gasteiger partial charge in [-0.25, -0.2) is 0 Å². The first-order chi connectivity index (χ1) is 14.4. The quantitative estimate of drug-likeness (QED) is 0.510. The van der Waals surface area contributed by atoms with Crippen molar-refractivity contribution in [1.29, 1.82) is 0 Å². The standard InChI is InChI=1S/C28H44O2/c1-18-10-12-21(13-11-18)17-23-14-15-25-24(8-5-9-26(25)28(23)30)20(3)27(29)22-7-4-6-19(2)16-22/h4,7,14-15,18-24,27-30H,5-6,8-13,16-17H2,1-3H3/t18?,19?,20?,21?,22?,23?,24-,27?,28?/m1/s1. The van der Waals surface area contributed by atoms with Gasteiger partial charge in [0.1, 0.15) is 0 Å². The molecule has 168 valence electrons. The minimum Gasteiger partial charge on any atom is -0.392 e. The zero-order valence-electron chi connectivity index (χ0n) is 19.5. The monoisotopic (exact) mass is 412 g/mol. The fourth-order valence-electron chi connectivity index (χ4n) is 6.90. The molecule has 0 aliphatic heterocycles. The minimum atomic E-state index is -0.300. The Morgan fingerprint density at radius 3 is 2.53 bits per heavy atom. The molecule has 0 heterocycles. The maximum Gasteiger partial charge on any atom is 0.0818 e. The lowest BCUT2D eigenvalue weighted by molar-refractivity contribution is 0.0401. The first-order valence-electron chi connectivity index (χ1n) is 12.9. The molecular formula is C28H44O2. The molecule has 0 saturated heterocycles. The van der Waals surface area contributed by atoms with Crippen LogP contribution < -0.4 is 0 Å². The summed E-state index contributed by atoms with van der Waals surface area (Å²) in [5.41, 5.74) is 2.66. The van der Waals surface area contributed by atoms with Crippen molar-refractivity contribution >= 4 is 0 Å². The van der Waals surface area contributed by atoms with Gasteiger partial charge in [0.05, 0.1) is 12.2 Å². The van der Waals surface area contributed by atoms with Crippen molar-refractivity contribution < 1.29 is 10.2 Å². The highest BCUT2D eigenvalue weighted by Gasteiger charge is 2.38. The van der Waals surface area contributed by atoms with Gasteiger partial charge in [0, 0.05) is 11.8 Å². The van der Waals surface area contributed by atoms with Crippen LogP contribution in [0.25, 0.3) is 0 Å². The number of aliphatic hydroxyl groups excluding tert-OH is 2. The molecule has 0 aromatic rings. The molecule has 1 fully saturated rings. The van der Waals surface area contributed by atoms with Crippen LogP contribution in [0.3, 0.4) is 0 Å². The van der Waals surface area contributed by atoms with E-state index >= 15 is 0 Å². The van der Waals surface area contributed by atoms with Gasteiger partial charge < -0.3 is 10.2 Å².